The van der Waals surface area contributed by atoms with Crippen LogP contribution in [0, 0.1) is 0 Å². The first kappa shape index (κ1) is 19.2. The van der Waals surface area contributed by atoms with Crippen molar-refractivity contribution in [1.29, 1.82) is 0 Å². The number of halogens is 3. The summed E-state index contributed by atoms with van der Waals surface area (Å²) in [5.74, 6) is -1.21. The quantitative estimate of drug-likeness (QED) is 0.650. The number of esters is 1. The lowest BCUT2D eigenvalue weighted by Gasteiger charge is -2.15. The predicted molar refractivity (Wildman–Crippen MR) is 89.8 cm³/mol. The van der Waals surface area contributed by atoms with E-state index in [0.717, 1.165) is 18.2 Å². The summed E-state index contributed by atoms with van der Waals surface area (Å²) < 4.78 is 42.3. The number of hydrogen-bond donors (Lipinski definition) is 1. The highest BCUT2D eigenvalue weighted by molar-refractivity contribution is 5.94. The van der Waals surface area contributed by atoms with E-state index >= 15 is 0 Å². The molecule has 0 aromatic heterocycles. The maximum Gasteiger partial charge on any atom is 0.416 e. The number of ether oxygens (including phenoxy) is 1. The molecule has 1 unspecified atom stereocenters. The molecule has 0 fully saturated rings. The second-order valence-corrected chi connectivity index (χ2v) is 5.33. The van der Waals surface area contributed by atoms with Gasteiger partial charge in [-0.3, -0.25) is 4.79 Å². The summed E-state index contributed by atoms with van der Waals surface area (Å²) in [7, 11) is 1.21. The zero-order chi connectivity index (χ0) is 19.2. The number of amides is 1. The Labute approximate surface area is 148 Å². The van der Waals surface area contributed by atoms with Crippen molar-refractivity contribution in [2.45, 2.75) is 12.2 Å². The van der Waals surface area contributed by atoms with E-state index in [1.807, 2.05) is 0 Å². The summed E-state index contributed by atoms with van der Waals surface area (Å²) in [4.78, 5) is 23.9. The Morgan fingerprint density at radius 2 is 1.65 bits per heavy atom. The van der Waals surface area contributed by atoms with Crippen molar-refractivity contribution in [2.75, 3.05) is 7.11 Å². The van der Waals surface area contributed by atoms with Gasteiger partial charge in [-0.15, -0.1) is 0 Å². The number of carbonyl (C=O) groups is 2. The smallest absolute Gasteiger partial charge is 0.416 e. The first-order valence-corrected chi connectivity index (χ1v) is 7.60. The number of carbonyl (C=O) groups excluding carboxylic acids is 2. The van der Waals surface area contributed by atoms with Crippen LogP contribution in [0.1, 0.15) is 22.7 Å². The Balaban J connectivity index is 2.08. The largest absolute Gasteiger partial charge is 0.467 e. The van der Waals surface area contributed by atoms with Crippen molar-refractivity contribution in [3.05, 3.63) is 77.4 Å². The first-order valence-electron chi connectivity index (χ1n) is 7.60. The third-order valence-electron chi connectivity index (χ3n) is 3.52. The Morgan fingerprint density at radius 3 is 2.19 bits per heavy atom. The molecule has 0 aliphatic carbocycles. The van der Waals surface area contributed by atoms with Crippen molar-refractivity contribution >= 4 is 18.0 Å². The lowest BCUT2D eigenvalue weighted by atomic mass is 10.1. The molecule has 1 N–H and O–H groups in total. The van der Waals surface area contributed by atoms with E-state index in [2.05, 4.69) is 5.32 Å². The molecule has 136 valence electrons. The topological polar surface area (TPSA) is 55.4 Å². The Kier molecular flexibility index (Phi) is 6.16. The minimum absolute atomic E-state index is 0.419. The number of methoxy groups -OCH3 is 1. The van der Waals surface area contributed by atoms with Gasteiger partial charge in [-0.2, -0.15) is 13.2 Å². The molecule has 2 rings (SSSR count). The molecule has 0 bridgehead atoms. The van der Waals surface area contributed by atoms with Crippen molar-refractivity contribution in [3.63, 3.8) is 0 Å². The van der Waals surface area contributed by atoms with Crippen LogP contribution in [0.15, 0.2) is 60.7 Å². The molecule has 0 heterocycles. The van der Waals surface area contributed by atoms with Gasteiger partial charge in [0.1, 0.15) is 0 Å². The third-order valence-corrected chi connectivity index (χ3v) is 3.52. The normalized spacial score (nSPS) is 12.6. The monoisotopic (exact) mass is 363 g/mol. The van der Waals surface area contributed by atoms with Gasteiger partial charge in [-0.1, -0.05) is 42.5 Å². The van der Waals surface area contributed by atoms with Crippen LogP contribution >= 0.6 is 0 Å². The molecule has 4 nitrogen and oxygen atoms in total. The lowest BCUT2D eigenvalue weighted by Crippen LogP contribution is -2.33. The van der Waals surface area contributed by atoms with E-state index in [1.54, 1.807) is 30.3 Å². The van der Waals surface area contributed by atoms with Gasteiger partial charge in [0.15, 0.2) is 6.04 Å². The van der Waals surface area contributed by atoms with Crippen LogP contribution < -0.4 is 5.32 Å². The second-order valence-electron chi connectivity index (χ2n) is 5.33. The van der Waals surface area contributed by atoms with Gasteiger partial charge < -0.3 is 10.1 Å². The van der Waals surface area contributed by atoms with E-state index in [4.69, 9.17) is 4.74 Å². The molecular weight excluding hydrogens is 347 g/mol. The summed E-state index contributed by atoms with van der Waals surface area (Å²) in [5.41, 5.74) is 0.201. The van der Waals surface area contributed by atoms with Gasteiger partial charge in [0, 0.05) is 6.08 Å². The maximum atomic E-state index is 12.5. The number of rotatable bonds is 5. The summed E-state index contributed by atoms with van der Waals surface area (Å²) in [5, 5.41) is 2.51. The van der Waals surface area contributed by atoms with Crippen LogP contribution in [0.2, 0.25) is 0 Å². The molecule has 2 aromatic rings. The second kappa shape index (κ2) is 8.33. The van der Waals surface area contributed by atoms with Crippen LogP contribution in [0.3, 0.4) is 0 Å². The van der Waals surface area contributed by atoms with Crippen LogP contribution in [0.5, 0.6) is 0 Å². The van der Waals surface area contributed by atoms with Gasteiger partial charge in [-0.05, 0) is 29.3 Å². The van der Waals surface area contributed by atoms with Gasteiger partial charge in [0.05, 0.1) is 12.7 Å². The molecule has 26 heavy (non-hydrogen) atoms. The molecule has 1 amide bonds. The van der Waals surface area contributed by atoms with Crippen molar-refractivity contribution < 1.29 is 27.5 Å². The van der Waals surface area contributed by atoms with Crippen LogP contribution in [-0.2, 0) is 20.5 Å². The van der Waals surface area contributed by atoms with E-state index in [1.165, 1.54) is 25.3 Å². The summed E-state index contributed by atoms with van der Waals surface area (Å²) in [6.07, 6.45) is -1.92. The van der Waals surface area contributed by atoms with E-state index < -0.39 is 29.7 Å². The molecule has 1 atom stereocenters. The lowest BCUT2D eigenvalue weighted by molar-refractivity contribution is -0.144. The fourth-order valence-corrected chi connectivity index (χ4v) is 2.19. The highest BCUT2D eigenvalue weighted by atomic mass is 19.4. The summed E-state index contributed by atoms with van der Waals surface area (Å²) in [6.45, 7) is 0. The Bertz CT molecular complexity index is 784. The molecule has 0 aliphatic rings. The van der Waals surface area contributed by atoms with E-state index in [9.17, 15) is 22.8 Å². The fraction of sp³-hybridized carbons (Fsp3) is 0.158. The average molecular weight is 363 g/mol. The van der Waals surface area contributed by atoms with Crippen LogP contribution in [-0.4, -0.2) is 19.0 Å². The SMILES string of the molecule is COC(=O)C(NC(=O)C=Cc1ccc(C(F)(F)F)cc1)c1ccccc1. The zero-order valence-corrected chi connectivity index (χ0v) is 13.8. The number of alkyl halides is 3. The average Bonchev–Trinajstić information content (AvgIpc) is 2.64. The van der Waals surface area contributed by atoms with Gasteiger partial charge in [0.2, 0.25) is 5.91 Å². The summed E-state index contributed by atoms with van der Waals surface area (Å²) >= 11 is 0. The number of nitrogens with one attached hydrogen (secondary N) is 1. The highest BCUT2D eigenvalue weighted by Gasteiger charge is 2.29. The molecule has 0 saturated carbocycles. The molecule has 0 aliphatic heterocycles. The highest BCUT2D eigenvalue weighted by Crippen LogP contribution is 2.29. The van der Waals surface area contributed by atoms with Crippen molar-refractivity contribution in [2.24, 2.45) is 0 Å². The molecule has 0 saturated heterocycles. The van der Waals surface area contributed by atoms with Crippen molar-refractivity contribution in [1.82, 2.24) is 5.32 Å². The molecule has 0 radical (unpaired) electrons. The van der Waals surface area contributed by atoms with Crippen molar-refractivity contribution in [3.8, 4) is 0 Å². The summed E-state index contributed by atoms with van der Waals surface area (Å²) in [6, 6.07) is 11.9. The minimum atomic E-state index is -4.41. The van der Waals surface area contributed by atoms with E-state index in [-0.39, 0.29) is 0 Å². The van der Waals surface area contributed by atoms with Gasteiger partial charge in [0.25, 0.3) is 0 Å². The number of benzene rings is 2. The van der Waals surface area contributed by atoms with Crippen LogP contribution in [0.25, 0.3) is 6.08 Å². The molecule has 7 heteroatoms. The van der Waals surface area contributed by atoms with E-state index in [0.29, 0.717) is 11.1 Å². The minimum Gasteiger partial charge on any atom is -0.467 e. The number of hydrogen-bond acceptors (Lipinski definition) is 3. The molecular formula is C19H16F3NO3. The predicted octanol–water partition coefficient (Wildman–Crippen LogP) is 3.75. The standard InChI is InChI=1S/C19H16F3NO3/c1-26-18(25)17(14-5-3-2-4-6-14)23-16(24)12-9-13-7-10-15(11-8-13)19(20,21)22/h2-12,17H,1H3,(H,23,24). The maximum absolute atomic E-state index is 12.5. The van der Waals surface area contributed by atoms with Crippen LogP contribution in [0.4, 0.5) is 13.2 Å². The third kappa shape index (κ3) is 5.20. The zero-order valence-electron chi connectivity index (χ0n) is 13.8. The van der Waals surface area contributed by atoms with Gasteiger partial charge >= 0.3 is 12.1 Å². The molecule has 2 aromatic carbocycles. The first-order chi connectivity index (χ1) is 12.3. The van der Waals surface area contributed by atoms with Gasteiger partial charge in [-0.25, -0.2) is 4.79 Å². The Hall–Kier alpha value is -3.09. The fourth-order valence-electron chi connectivity index (χ4n) is 2.19. The Morgan fingerprint density at radius 1 is 1.04 bits per heavy atom. The molecule has 0 spiro atoms.